The smallest absolute Gasteiger partial charge is 0.411 e. The third-order valence-electron chi connectivity index (χ3n) is 6.47. The Bertz CT molecular complexity index is 1470. The van der Waals surface area contributed by atoms with E-state index in [1.165, 1.54) is 9.80 Å². The lowest BCUT2D eigenvalue weighted by molar-refractivity contribution is -0.125. The number of hydrogen-bond donors (Lipinski definition) is 2. The first-order valence-electron chi connectivity index (χ1n) is 13.3. The summed E-state index contributed by atoms with van der Waals surface area (Å²) in [7, 11) is 0. The lowest BCUT2D eigenvalue weighted by Crippen LogP contribution is -2.49. The van der Waals surface area contributed by atoms with E-state index in [1.807, 2.05) is 0 Å². The van der Waals surface area contributed by atoms with E-state index < -0.39 is 40.5 Å². The van der Waals surface area contributed by atoms with Gasteiger partial charge < -0.3 is 24.6 Å². The SMILES string of the molecule is CC(C)(C)OC(=O)N1CC(O)C[C@H]1C(=O)NCCN(C(=O)C(Cl)Cl)c1cccc(-c2cc(-c3c(Cl)cccc3Cl)no2)c1. The minimum absolute atomic E-state index is 0.00150. The van der Waals surface area contributed by atoms with E-state index in [2.05, 4.69) is 10.5 Å². The highest BCUT2D eigenvalue weighted by molar-refractivity contribution is 6.54. The standard InChI is InChI=1S/C29H30Cl4N4O6/c1-29(2,3)42-28(41)37-15-18(38)13-22(37)26(39)34-10-11-36(27(40)25(32)33)17-7-4-6-16(12-17)23-14-21(35-43-23)24-19(30)8-5-9-20(24)31/h4-9,12,14,18,22,25,38H,10-11,13,15H2,1-3H3,(H,34,39)/t18?,22-/m0/s1. The molecular weight excluding hydrogens is 642 g/mol. The lowest BCUT2D eigenvalue weighted by Gasteiger charge is -2.28. The third-order valence-corrected chi connectivity index (χ3v) is 7.47. The number of nitrogens with one attached hydrogen (secondary N) is 1. The molecule has 0 bridgehead atoms. The number of aliphatic hydroxyl groups is 1. The molecule has 1 aliphatic heterocycles. The lowest BCUT2D eigenvalue weighted by atomic mass is 10.1. The predicted molar refractivity (Wildman–Crippen MR) is 166 cm³/mol. The summed E-state index contributed by atoms with van der Waals surface area (Å²) >= 11 is 24.5. The van der Waals surface area contributed by atoms with Crippen LogP contribution in [0.5, 0.6) is 0 Å². The molecule has 43 heavy (non-hydrogen) atoms. The normalized spacial score (nSPS) is 16.8. The maximum atomic E-state index is 13.0. The molecule has 0 aliphatic carbocycles. The highest BCUT2D eigenvalue weighted by Crippen LogP contribution is 2.36. The van der Waals surface area contributed by atoms with Crippen LogP contribution in [0.3, 0.4) is 0 Å². The molecular formula is C29H30Cl4N4O6. The minimum atomic E-state index is -1.37. The Balaban J connectivity index is 1.49. The average Bonchev–Trinajstić information content (AvgIpc) is 3.57. The number of β-amino-alcohol motifs (C(OH)–C–C–N with tert-alkyl or cyclic N) is 1. The fourth-order valence-corrected chi connectivity index (χ4v) is 5.40. The van der Waals surface area contributed by atoms with E-state index in [-0.39, 0.29) is 26.1 Å². The highest BCUT2D eigenvalue weighted by Gasteiger charge is 2.41. The predicted octanol–water partition coefficient (Wildman–Crippen LogP) is 5.94. The first-order chi connectivity index (χ1) is 20.2. The van der Waals surface area contributed by atoms with Crippen molar-refractivity contribution in [3.8, 4) is 22.6 Å². The van der Waals surface area contributed by atoms with Crippen LogP contribution >= 0.6 is 46.4 Å². The van der Waals surface area contributed by atoms with Gasteiger partial charge in [0.1, 0.15) is 17.3 Å². The first kappa shape index (κ1) is 32.9. The number of carbonyl (C=O) groups is 3. The molecule has 1 fully saturated rings. The summed E-state index contributed by atoms with van der Waals surface area (Å²) in [6.07, 6.45) is -1.51. The van der Waals surface area contributed by atoms with E-state index in [9.17, 15) is 19.5 Å². The van der Waals surface area contributed by atoms with Gasteiger partial charge in [0.2, 0.25) is 5.91 Å². The van der Waals surface area contributed by atoms with E-state index in [1.54, 1.807) is 69.3 Å². The number of carbonyl (C=O) groups excluding carboxylic acids is 3. The molecule has 2 atom stereocenters. The van der Waals surface area contributed by atoms with Crippen molar-refractivity contribution in [1.29, 1.82) is 0 Å². The number of amides is 3. The second kappa shape index (κ2) is 13.7. The summed E-state index contributed by atoms with van der Waals surface area (Å²) in [5.74, 6) is -0.712. The summed E-state index contributed by atoms with van der Waals surface area (Å²) in [5.41, 5.74) is 1.22. The summed E-state index contributed by atoms with van der Waals surface area (Å²) < 4.78 is 10.9. The number of alkyl halides is 2. The molecule has 2 aromatic carbocycles. The molecule has 1 unspecified atom stereocenters. The minimum Gasteiger partial charge on any atom is -0.444 e. The van der Waals surface area contributed by atoms with Crippen molar-refractivity contribution >= 4 is 70.0 Å². The Morgan fingerprint density at radius 1 is 1.14 bits per heavy atom. The van der Waals surface area contributed by atoms with Gasteiger partial charge in [0.15, 0.2) is 10.6 Å². The van der Waals surface area contributed by atoms with Crippen LogP contribution in [0, 0.1) is 0 Å². The highest BCUT2D eigenvalue weighted by atomic mass is 35.5. The number of halogens is 4. The van der Waals surface area contributed by atoms with Crippen LogP contribution in [-0.2, 0) is 14.3 Å². The molecule has 1 aromatic heterocycles. The Kier molecular flexibility index (Phi) is 10.5. The number of anilines is 1. The van der Waals surface area contributed by atoms with Crippen LogP contribution in [0.25, 0.3) is 22.6 Å². The van der Waals surface area contributed by atoms with Gasteiger partial charge >= 0.3 is 6.09 Å². The van der Waals surface area contributed by atoms with Gasteiger partial charge in [-0.25, -0.2) is 4.79 Å². The van der Waals surface area contributed by atoms with E-state index >= 15 is 0 Å². The molecule has 0 radical (unpaired) electrons. The molecule has 3 amide bonds. The zero-order valence-corrected chi connectivity index (χ0v) is 26.5. The van der Waals surface area contributed by atoms with E-state index in [4.69, 9.17) is 55.7 Å². The fraction of sp³-hybridized carbons (Fsp3) is 0.379. The molecule has 14 heteroatoms. The zero-order valence-electron chi connectivity index (χ0n) is 23.5. The molecule has 4 rings (SSSR count). The van der Waals surface area contributed by atoms with Crippen molar-refractivity contribution in [2.75, 3.05) is 24.5 Å². The zero-order chi connectivity index (χ0) is 31.5. The van der Waals surface area contributed by atoms with Gasteiger partial charge in [-0.1, -0.05) is 69.8 Å². The molecule has 0 saturated carbocycles. The average molecular weight is 672 g/mol. The number of nitrogens with zero attached hydrogens (tertiary/aromatic N) is 3. The molecule has 0 spiro atoms. The van der Waals surface area contributed by atoms with Gasteiger partial charge in [0.25, 0.3) is 5.91 Å². The number of aromatic nitrogens is 1. The molecule has 2 heterocycles. The largest absolute Gasteiger partial charge is 0.444 e. The Morgan fingerprint density at radius 2 is 1.81 bits per heavy atom. The Morgan fingerprint density at radius 3 is 2.47 bits per heavy atom. The molecule has 1 aliphatic rings. The molecule has 3 aromatic rings. The van der Waals surface area contributed by atoms with Crippen molar-refractivity contribution in [2.45, 2.75) is 49.8 Å². The monoisotopic (exact) mass is 670 g/mol. The second-order valence-corrected chi connectivity index (χ2v) is 12.8. The number of rotatable bonds is 8. The Hall–Kier alpha value is -3.02. The quantitative estimate of drug-likeness (QED) is 0.284. The fourth-order valence-electron chi connectivity index (χ4n) is 4.58. The number of likely N-dealkylation sites (tertiary alicyclic amines) is 1. The van der Waals surface area contributed by atoms with Gasteiger partial charge in [0, 0.05) is 42.4 Å². The summed E-state index contributed by atoms with van der Waals surface area (Å²) in [6.45, 7) is 5.11. The number of hydrogen-bond acceptors (Lipinski definition) is 7. The molecule has 10 nitrogen and oxygen atoms in total. The number of ether oxygens (including phenoxy) is 1. The van der Waals surface area contributed by atoms with Crippen LogP contribution in [-0.4, -0.2) is 75.3 Å². The van der Waals surface area contributed by atoms with Crippen molar-refractivity contribution in [3.05, 3.63) is 58.6 Å². The van der Waals surface area contributed by atoms with Crippen LogP contribution in [0.2, 0.25) is 10.0 Å². The van der Waals surface area contributed by atoms with Crippen molar-refractivity contribution in [1.82, 2.24) is 15.4 Å². The molecule has 230 valence electrons. The van der Waals surface area contributed by atoms with Gasteiger partial charge in [-0.2, -0.15) is 0 Å². The number of aliphatic hydroxyl groups excluding tert-OH is 1. The molecule has 2 N–H and O–H groups in total. The number of benzene rings is 2. The van der Waals surface area contributed by atoms with Gasteiger partial charge in [-0.05, 0) is 45.0 Å². The van der Waals surface area contributed by atoms with Gasteiger partial charge in [-0.3, -0.25) is 14.5 Å². The van der Waals surface area contributed by atoms with Gasteiger partial charge in [0.05, 0.1) is 22.7 Å². The second-order valence-electron chi connectivity index (χ2n) is 10.8. The van der Waals surface area contributed by atoms with Crippen LogP contribution in [0.15, 0.2) is 53.1 Å². The Labute approximate surface area is 268 Å². The van der Waals surface area contributed by atoms with Crippen molar-refractivity contribution < 1.29 is 28.8 Å². The molecule has 1 saturated heterocycles. The van der Waals surface area contributed by atoms with E-state index in [0.717, 1.165) is 0 Å². The summed E-state index contributed by atoms with van der Waals surface area (Å²) in [5, 5.41) is 17.8. The maximum absolute atomic E-state index is 13.0. The van der Waals surface area contributed by atoms with Crippen LogP contribution in [0.4, 0.5) is 10.5 Å². The van der Waals surface area contributed by atoms with Crippen molar-refractivity contribution in [3.63, 3.8) is 0 Å². The van der Waals surface area contributed by atoms with E-state index in [0.29, 0.717) is 38.3 Å². The van der Waals surface area contributed by atoms with Crippen LogP contribution in [0.1, 0.15) is 27.2 Å². The summed E-state index contributed by atoms with van der Waals surface area (Å²) in [4.78, 5) is 39.8. The van der Waals surface area contributed by atoms with Crippen molar-refractivity contribution in [2.24, 2.45) is 0 Å². The summed E-state index contributed by atoms with van der Waals surface area (Å²) in [6, 6.07) is 12.7. The third kappa shape index (κ3) is 8.13. The maximum Gasteiger partial charge on any atom is 0.411 e. The van der Waals surface area contributed by atoms with Gasteiger partial charge in [-0.15, -0.1) is 0 Å². The first-order valence-corrected chi connectivity index (χ1v) is 14.9. The topological polar surface area (TPSA) is 125 Å². The van der Waals surface area contributed by atoms with Crippen LogP contribution < -0.4 is 10.2 Å².